The molecule has 1 heterocycles. The number of rotatable bonds is 3. The van der Waals surface area contributed by atoms with Crippen molar-refractivity contribution in [2.45, 2.75) is 51.6 Å². The van der Waals surface area contributed by atoms with Gasteiger partial charge in [-0.15, -0.1) is 0 Å². The summed E-state index contributed by atoms with van der Waals surface area (Å²) in [5.74, 6) is 1.58. The Morgan fingerprint density at radius 3 is 2.88 bits per heavy atom. The van der Waals surface area contributed by atoms with Gasteiger partial charge in [0.2, 0.25) is 5.89 Å². The molecule has 0 unspecified atom stereocenters. The Kier molecular flexibility index (Phi) is 3.95. The van der Waals surface area contributed by atoms with Crippen LogP contribution in [0.15, 0.2) is 9.52 Å². The normalized spacial score (nSPS) is 18.3. The van der Waals surface area contributed by atoms with E-state index in [1.807, 2.05) is 0 Å². The summed E-state index contributed by atoms with van der Waals surface area (Å²) < 4.78 is 4.95. The molecule has 6 heteroatoms. The van der Waals surface area contributed by atoms with Gasteiger partial charge in [0, 0.05) is 6.04 Å². The van der Waals surface area contributed by atoms with Crippen LogP contribution in [0, 0.1) is 6.92 Å². The fraction of sp³-hybridized carbons (Fsp3) is 0.727. The third kappa shape index (κ3) is 3.72. The summed E-state index contributed by atoms with van der Waals surface area (Å²) in [6, 6.07) is 0.469. The summed E-state index contributed by atoms with van der Waals surface area (Å²) in [5, 5.41) is 6.93. The molecule has 1 fully saturated rings. The lowest BCUT2D eigenvalue weighted by molar-refractivity contribution is 0.376. The van der Waals surface area contributed by atoms with Crippen LogP contribution in [-0.4, -0.2) is 22.1 Å². The standard InChI is InChI=1S/C11H19N5O/c1-8-14-10(17-16-8)7-13-11(12)15-9-5-3-2-4-6-9/h9H,2-7H2,1H3,(H3,12,13,15). The van der Waals surface area contributed by atoms with Crippen LogP contribution in [0.2, 0.25) is 0 Å². The zero-order valence-corrected chi connectivity index (χ0v) is 10.1. The zero-order chi connectivity index (χ0) is 12.1. The summed E-state index contributed by atoms with van der Waals surface area (Å²) in [5.41, 5.74) is 5.81. The maximum atomic E-state index is 5.81. The van der Waals surface area contributed by atoms with Crippen LogP contribution in [0.25, 0.3) is 0 Å². The highest BCUT2D eigenvalue weighted by atomic mass is 16.5. The largest absolute Gasteiger partial charge is 0.370 e. The van der Waals surface area contributed by atoms with Crippen molar-refractivity contribution < 1.29 is 4.52 Å². The average molecular weight is 237 g/mol. The van der Waals surface area contributed by atoms with Crippen molar-refractivity contribution in [1.29, 1.82) is 0 Å². The molecule has 1 aromatic heterocycles. The van der Waals surface area contributed by atoms with E-state index in [0.29, 0.717) is 30.3 Å². The highest BCUT2D eigenvalue weighted by Gasteiger charge is 2.13. The maximum absolute atomic E-state index is 5.81. The molecule has 0 bridgehead atoms. The monoisotopic (exact) mass is 237 g/mol. The number of aryl methyl sites for hydroxylation is 1. The second-order valence-electron chi connectivity index (χ2n) is 4.42. The van der Waals surface area contributed by atoms with Crippen molar-refractivity contribution >= 4 is 5.96 Å². The second-order valence-corrected chi connectivity index (χ2v) is 4.42. The zero-order valence-electron chi connectivity index (χ0n) is 10.1. The Hall–Kier alpha value is -1.59. The molecule has 6 nitrogen and oxygen atoms in total. The SMILES string of the molecule is Cc1noc(CN=C(N)NC2CCCCC2)n1. The molecular formula is C11H19N5O. The van der Waals surface area contributed by atoms with E-state index in [4.69, 9.17) is 10.3 Å². The molecule has 0 saturated heterocycles. The van der Waals surface area contributed by atoms with Gasteiger partial charge in [0.15, 0.2) is 11.8 Å². The Balaban J connectivity index is 1.80. The molecule has 1 saturated carbocycles. The Morgan fingerprint density at radius 2 is 2.24 bits per heavy atom. The number of hydrogen-bond acceptors (Lipinski definition) is 4. The van der Waals surface area contributed by atoms with Gasteiger partial charge in [-0.2, -0.15) is 4.98 Å². The third-order valence-corrected chi connectivity index (χ3v) is 2.91. The van der Waals surface area contributed by atoms with Crippen LogP contribution in [-0.2, 0) is 6.54 Å². The van der Waals surface area contributed by atoms with Crippen LogP contribution in [0.5, 0.6) is 0 Å². The van der Waals surface area contributed by atoms with Crippen LogP contribution < -0.4 is 11.1 Å². The maximum Gasteiger partial charge on any atom is 0.248 e. The van der Waals surface area contributed by atoms with E-state index in [9.17, 15) is 0 Å². The minimum Gasteiger partial charge on any atom is -0.370 e. The molecule has 0 amide bonds. The van der Waals surface area contributed by atoms with Crippen molar-refractivity contribution in [2.24, 2.45) is 10.7 Å². The first kappa shape index (κ1) is 11.9. The molecule has 0 aromatic carbocycles. The van der Waals surface area contributed by atoms with E-state index in [-0.39, 0.29) is 0 Å². The van der Waals surface area contributed by atoms with Crippen molar-refractivity contribution in [3.8, 4) is 0 Å². The van der Waals surface area contributed by atoms with E-state index in [1.54, 1.807) is 6.92 Å². The lowest BCUT2D eigenvalue weighted by Gasteiger charge is -2.22. The minimum absolute atomic E-state index is 0.340. The van der Waals surface area contributed by atoms with Gasteiger partial charge in [-0.25, -0.2) is 4.99 Å². The highest BCUT2D eigenvalue weighted by Crippen LogP contribution is 2.16. The third-order valence-electron chi connectivity index (χ3n) is 2.91. The molecule has 0 aliphatic heterocycles. The summed E-state index contributed by atoms with van der Waals surface area (Å²) in [7, 11) is 0. The average Bonchev–Trinajstić information content (AvgIpc) is 2.74. The number of nitrogens with two attached hydrogens (primary N) is 1. The number of nitrogens with zero attached hydrogens (tertiary/aromatic N) is 3. The van der Waals surface area contributed by atoms with Crippen molar-refractivity contribution in [3.63, 3.8) is 0 Å². The van der Waals surface area contributed by atoms with Gasteiger partial charge in [-0.1, -0.05) is 24.4 Å². The van der Waals surface area contributed by atoms with Gasteiger partial charge < -0.3 is 15.6 Å². The lowest BCUT2D eigenvalue weighted by Crippen LogP contribution is -2.41. The predicted molar refractivity (Wildman–Crippen MR) is 64.4 cm³/mol. The van der Waals surface area contributed by atoms with Crippen LogP contribution in [0.1, 0.15) is 43.8 Å². The van der Waals surface area contributed by atoms with Crippen LogP contribution in [0.4, 0.5) is 0 Å². The molecule has 0 spiro atoms. The molecule has 2 rings (SSSR count). The van der Waals surface area contributed by atoms with Crippen LogP contribution >= 0.6 is 0 Å². The first-order chi connectivity index (χ1) is 8.24. The smallest absolute Gasteiger partial charge is 0.248 e. The number of nitrogens with one attached hydrogen (secondary N) is 1. The Morgan fingerprint density at radius 1 is 1.47 bits per heavy atom. The molecular weight excluding hydrogens is 218 g/mol. The summed E-state index contributed by atoms with van der Waals surface area (Å²) in [6.07, 6.45) is 6.23. The number of hydrogen-bond donors (Lipinski definition) is 2. The van der Waals surface area contributed by atoms with Gasteiger partial charge in [-0.3, -0.25) is 0 Å². The van der Waals surface area contributed by atoms with Gasteiger partial charge in [0.25, 0.3) is 0 Å². The van der Waals surface area contributed by atoms with Crippen molar-refractivity contribution in [3.05, 3.63) is 11.7 Å². The molecule has 3 N–H and O–H groups in total. The quantitative estimate of drug-likeness (QED) is 0.607. The summed E-state index contributed by atoms with van der Waals surface area (Å²) in [6.45, 7) is 2.12. The van der Waals surface area contributed by atoms with E-state index >= 15 is 0 Å². The Labute approximate surface area is 101 Å². The Bertz CT molecular complexity index is 381. The molecule has 1 aliphatic carbocycles. The van der Waals surface area contributed by atoms with Crippen molar-refractivity contribution in [1.82, 2.24) is 15.5 Å². The first-order valence-electron chi connectivity index (χ1n) is 6.09. The van der Waals surface area contributed by atoms with Gasteiger partial charge in [0.05, 0.1) is 0 Å². The van der Waals surface area contributed by atoms with Crippen molar-refractivity contribution in [2.75, 3.05) is 0 Å². The summed E-state index contributed by atoms with van der Waals surface area (Å²) in [4.78, 5) is 8.25. The first-order valence-corrected chi connectivity index (χ1v) is 6.09. The molecule has 0 atom stereocenters. The topological polar surface area (TPSA) is 89.3 Å². The fourth-order valence-electron chi connectivity index (χ4n) is 2.06. The molecule has 94 valence electrons. The number of guanidine groups is 1. The van der Waals surface area contributed by atoms with E-state index in [1.165, 1.54) is 32.1 Å². The summed E-state index contributed by atoms with van der Waals surface area (Å²) >= 11 is 0. The van der Waals surface area contributed by atoms with E-state index in [2.05, 4.69) is 20.4 Å². The van der Waals surface area contributed by atoms with Gasteiger partial charge >= 0.3 is 0 Å². The molecule has 1 aliphatic rings. The number of aliphatic imine (C=N–C) groups is 1. The van der Waals surface area contributed by atoms with E-state index < -0.39 is 0 Å². The fourth-order valence-corrected chi connectivity index (χ4v) is 2.06. The van der Waals surface area contributed by atoms with Gasteiger partial charge in [-0.05, 0) is 19.8 Å². The number of aromatic nitrogens is 2. The van der Waals surface area contributed by atoms with Gasteiger partial charge in [0.1, 0.15) is 6.54 Å². The highest BCUT2D eigenvalue weighted by molar-refractivity contribution is 5.78. The lowest BCUT2D eigenvalue weighted by atomic mass is 9.96. The minimum atomic E-state index is 0.340. The predicted octanol–water partition coefficient (Wildman–Crippen LogP) is 1.12. The second kappa shape index (κ2) is 5.65. The molecule has 1 aromatic rings. The van der Waals surface area contributed by atoms with Crippen LogP contribution in [0.3, 0.4) is 0 Å². The molecule has 0 radical (unpaired) electrons. The molecule has 17 heavy (non-hydrogen) atoms. The van der Waals surface area contributed by atoms with E-state index in [0.717, 1.165) is 0 Å².